The molecule has 1 aromatic rings. The van der Waals surface area contributed by atoms with E-state index in [4.69, 9.17) is 5.11 Å². The van der Waals surface area contributed by atoms with E-state index in [1.54, 1.807) is 11.9 Å². The van der Waals surface area contributed by atoms with Gasteiger partial charge in [0, 0.05) is 7.05 Å². The number of likely N-dealkylation sites (N-methyl/N-ethyl adjacent to an activating group) is 1. The Morgan fingerprint density at radius 1 is 1.69 bits per heavy atom. The number of aromatic carboxylic acids is 1. The van der Waals surface area contributed by atoms with E-state index in [9.17, 15) is 9.59 Å². The number of nitrogens with zero attached hydrogens (tertiary/aromatic N) is 2. The number of aromatic nitrogens is 1. The molecule has 0 aliphatic carbocycles. The number of ketones is 1. The van der Waals surface area contributed by atoms with Crippen LogP contribution in [-0.4, -0.2) is 34.8 Å². The molecule has 6 heteroatoms. The maximum atomic E-state index is 11.2. The molecule has 0 atom stereocenters. The molecule has 0 saturated heterocycles. The third-order valence-corrected chi connectivity index (χ3v) is 2.76. The first-order valence-electron chi connectivity index (χ1n) is 3.58. The molecule has 0 spiro atoms. The van der Waals surface area contributed by atoms with Gasteiger partial charge in [0.1, 0.15) is 4.88 Å². The molecule has 0 amide bonds. The minimum Gasteiger partial charge on any atom is -0.476 e. The minimum absolute atomic E-state index is 0.0200. The number of fused-ring (bicyclic) bond motifs is 1. The number of anilines is 1. The number of carbonyl (C=O) groups excluding carboxylic acids is 1. The van der Waals surface area contributed by atoms with Crippen LogP contribution in [0.2, 0.25) is 0 Å². The molecule has 0 aromatic carbocycles. The van der Waals surface area contributed by atoms with Gasteiger partial charge in [0.15, 0.2) is 11.5 Å². The van der Waals surface area contributed by atoms with Gasteiger partial charge in [-0.25, -0.2) is 4.79 Å². The summed E-state index contributed by atoms with van der Waals surface area (Å²) in [5, 5.41) is 8.75. The Morgan fingerprint density at radius 2 is 2.38 bits per heavy atom. The van der Waals surface area contributed by atoms with Crippen molar-refractivity contribution in [1.29, 1.82) is 0 Å². The van der Waals surface area contributed by atoms with Crippen LogP contribution in [0.15, 0.2) is 0 Å². The highest BCUT2D eigenvalue weighted by molar-refractivity contribution is 7.09. The zero-order valence-electron chi connectivity index (χ0n) is 6.77. The Bertz CT molecular complexity index is 398. The maximum absolute atomic E-state index is 11.2. The van der Waals surface area contributed by atoms with Crippen molar-refractivity contribution in [3.63, 3.8) is 0 Å². The van der Waals surface area contributed by atoms with E-state index >= 15 is 0 Å². The van der Waals surface area contributed by atoms with Crippen molar-refractivity contribution in [2.24, 2.45) is 0 Å². The second-order valence-corrected chi connectivity index (χ2v) is 3.57. The highest BCUT2D eigenvalue weighted by Gasteiger charge is 2.32. The lowest BCUT2D eigenvalue weighted by Crippen LogP contribution is -2.18. The molecule has 1 N–H and O–H groups in total. The van der Waals surface area contributed by atoms with Crippen molar-refractivity contribution in [3.8, 4) is 0 Å². The maximum Gasteiger partial charge on any atom is 0.357 e. The van der Waals surface area contributed by atoms with Gasteiger partial charge in [0.05, 0.1) is 12.2 Å². The SMILES string of the molecule is CN1CC(=O)c2snc(C(=O)O)c21. The topological polar surface area (TPSA) is 70.5 Å². The Morgan fingerprint density at radius 3 is 3.00 bits per heavy atom. The number of rotatable bonds is 1. The van der Waals surface area contributed by atoms with Crippen LogP contribution >= 0.6 is 11.5 Å². The van der Waals surface area contributed by atoms with Gasteiger partial charge in [-0.15, -0.1) is 0 Å². The van der Waals surface area contributed by atoms with Gasteiger partial charge in [0.25, 0.3) is 0 Å². The highest BCUT2D eigenvalue weighted by atomic mass is 32.1. The van der Waals surface area contributed by atoms with Crippen LogP contribution in [0.1, 0.15) is 20.2 Å². The average molecular weight is 198 g/mol. The second kappa shape index (κ2) is 2.53. The zero-order chi connectivity index (χ0) is 9.59. The summed E-state index contributed by atoms with van der Waals surface area (Å²) in [6.07, 6.45) is 0. The van der Waals surface area contributed by atoms with E-state index in [0.717, 1.165) is 11.5 Å². The smallest absolute Gasteiger partial charge is 0.357 e. The van der Waals surface area contributed by atoms with Crippen LogP contribution in [0.5, 0.6) is 0 Å². The van der Waals surface area contributed by atoms with Crippen molar-refractivity contribution in [3.05, 3.63) is 10.6 Å². The summed E-state index contributed by atoms with van der Waals surface area (Å²) in [5.74, 6) is -1.14. The van der Waals surface area contributed by atoms with Crippen LogP contribution in [0, 0.1) is 0 Å². The first-order chi connectivity index (χ1) is 6.11. The molecular weight excluding hydrogens is 192 g/mol. The highest BCUT2D eigenvalue weighted by Crippen LogP contribution is 2.33. The van der Waals surface area contributed by atoms with Gasteiger partial charge in [-0.05, 0) is 11.5 Å². The van der Waals surface area contributed by atoms with Crippen molar-refractivity contribution >= 4 is 29.0 Å². The van der Waals surface area contributed by atoms with Gasteiger partial charge < -0.3 is 10.0 Å². The summed E-state index contributed by atoms with van der Waals surface area (Å²) < 4.78 is 3.72. The molecule has 0 unspecified atom stereocenters. The van der Waals surface area contributed by atoms with E-state index in [2.05, 4.69) is 4.37 Å². The molecule has 13 heavy (non-hydrogen) atoms. The van der Waals surface area contributed by atoms with Crippen LogP contribution < -0.4 is 4.90 Å². The Kier molecular flexibility index (Phi) is 1.59. The van der Waals surface area contributed by atoms with Crippen molar-refractivity contribution < 1.29 is 14.7 Å². The third kappa shape index (κ3) is 1.02. The Hall–Kier alpha value is -1.43. The minimum atomic E-state index is -1.08. The molecule has 1 aliphatic heterocycles. The van der Waals surface area contributed by atoms with Crippen molar-refractivity contribution in [2.45, 2.75) is 0 Å². The fourth-order valence-corrected chi connectivity index (χ4v) is 2.18. The van der Waals surface area contributed by atoms with E-state index in [1.807, 2.05) is 0 Å². The van der Waals surface area contributed by atoms with Gasteiger partial charge in [-0.2, -0.15) is 4.37 Å². The van der Waals surface area contributed by atoms with Crippen LogP contribution in [-0.2, 0) is 0 Å². The summed E-state index contributed by atoms with van der Waals surface area (Å²) in [4.78, 5) is 24.0. The Balaban J connectivity index is 2.60. The standard InChI is InChI=1S/C7H6N2O3S/c1-9-2-3(10)6-5(9)4(7(11)12)8-13-6/h2H2,1H3,(H,11,12). The lowest BCUT2D eigenvalue weighted by Gasteiger charge is -2.08. The molecule has 1 aromatic heterocycles. The first kappa shape index (κ1) is 8.18. The summed E-state index contributed by atoms with van der Waals surface area (Å²) >= 11 is 0.957. The average Bonchev–Trinajstić information content (AvgIpc) is 2.55. The molecule has 2 heterocycles. The van der Waals surface area contributed by atoms with Crippen molar-refractivity contribution in [2.75, 3.05) is 18.5 Å². The van der Waals surface area contributed by atoms with E-state index in [1.165, 1.54) is 0 Å². The number of carboxylic acids is 1. The summed E-state index contributed by atoms with van der Waals surface area (Å²) in [5.41, 5.74) is 0.441. The number of carboxylic acid groups (broad SMARTS) is 1. The fraction of sp³-hybridized carbons (Fsp3) is 0.286. The molecule has 68 valence electrons. The normalized spacial score (nSPS) is 14.8. The molecule has 1 aliphatic rings. The van der Waals surface area contributed by atoms with Crippen molar-refractivity contribution in [1.82, 2.24) is 4.37 Å². The Labute approximate surface area is 77.8 Å². The lowest BCUT2D eigenvalue weighted by molar-refractivity contribution is 0.0692. The summed E-state index contributed by atoms with van der Waals surface area (Å²) in [6, 6.07) is 0. The van der Waals surface area contributed by atoms with Gasteiger partial charge in [-0.3, -0.25) is 4.79 Å². The summed E-state index contributed by atoms with van der Waals surface area (Å²) in [6.45, 7) is 0.254. The first-order valence-corrected chi connectivity index (χ1v) is 4.36. The largest absolute Gasteiger partial charge is 0.476 e. The van der Waals surface area contributed by atoms with Gasteiger partial charge in [-0.1, -0.05) is 0 Å². The van der Waals surface area contributed by atoms with Gasteiger partial charge in [0.2, 0.25) is 0 Å². The number of carbonyl (C=O) groups is 2. The lowest BCUT2D eigenvalue weighted by atomic mass is 10.3. The predicted octanol–water partition coefficient (Wildman–Crippen LogP) is 0.474. The number of Topliss-reactive ketones (excluding diaryl/α,β-unsaturated/α-hetero) is 1. The van der Waals surface area contributed by atoms with E-state index < -0.39 is 5.97 Å². The van der Waals surface area contributed by atoms with E-state index in [0.29, 0.717) is 10.6 Å². The number of hydrogen-bond donors (Lipinski definition) is 1. The van der Waals surface area contributed by atoms with E-state index in [-0.39, 0.29) is 18.0 Å². The van der Waals surface area contributed by atoms with Crippen LogP contribution in [0.4, 0.5) is 5.69 Å². The molecule has 0 radical (unpaired) electrons. The van der Waals surface area contributed by atoms with Crippen LogP contribution in [0.25, 0.3) is 0 Å². The molecule has 0 fully saturated rings. The predicted molar refractivity (Wildman–Crippen MR) is 46.7 cm³/mol. The number of hydrogen-bond acceptors (Lipinski definition) is 5. The fourth-order valence-electron chi connectivity index (χ4n) is 1.33. The second-order valence-electron chi connectivity index (χ2n) is 2.79. The molecule has 0 saturated carbocycles. The van der Waals surface area contributed by atoms with Crippen LogP contribution in [0.3, 0.4) is 0 Å². The molecule has 2 rings (SSSR count). The molecular formula is C7H6N2O3S. The monoisotopic (exact) mass is 198 g/mol. The molecule has 0 bridgehead atoms. The molecule has 5 nitrogen and oxygen atoms in total. The summed E-state index contributed by atoms with van der Waals surface area (Å²) in [7, 11) is 1.69. The van der Waals surface area contributed by atoms with Gasteiger partial charge >= 0.3 is 5.97 Å². The zero-order valence-corrected chi connectivity index (χ0v) is 7.59. The third-order valence-electron chi connectivity index (χ3n) is 1.89. The quantitative estimate of drug-likeness (QED) is 0.710.